The first-order valence-electron chi connectivity index (χ1n) is 6.91. The minimum Gasteiger partial charge on any atom is -0.473 e. The van der Waals surface area contributed by atoms with Crippen LogP contribution in [0.1, 0.15) is 30.5 Å². The van der Waals surface area contributed by atoms with Crippen LogP contribution in [0, 0.1) is 20.8 Å². The molecule has 1 heterocycles. The van der Waals surface area contributed by atoms with Crippen LogP contribution in [0.4, 0.5) is 5.69 Å². The molecular weight excluding hydrogens is 266 g/mol. The van der Waals surface area contributed by atoms with E-state index < -0.39 is 0 Å². The highest BCUT2D eigenvalue weighted by molar-refractivity contribution is 5.57. The molecule has 0 amide bonds. The molecule has 0 saturated carbocycles. The molecule has 1 aromatic carbocycles. The first-order chi connectivity index (χ1) is 9.88. The monoisotopic (exact) mass is 287 g/mol. The lowest BCUT2D eigenvalue weighted by atomic mass is 10.1. The minimum atomic E-state index is -0.0157. The normalized spacial score (nSPS) is 10.8. The van der Waals surface area contributed by atoms with Crippen molar-refractivity contribution in [2.75, 3.05) is 5.73 Å². The molecule has 0 fully saturated rings. The standard InChI is InChI=1S/C16H21N3O2/c1-9(2)20-15-14(17)16(19-8-18-15)21-13-7-10(3)6-11(4)12(13)5/h6-9H,17H2,1-5H3. The Labute approximate surface area is 125 Å². The van der Waals surface area contributed by atoms with Crippen molar-refractivity contribution in [1.29, 1.82) is 0 Å². The van der Waals surface area contributed by atoms with Gasteiger partial charge in [0.25, 0.3) is 0 Å². The second-order valence-corrected chi connectivity index (χ2v) is 5.37. The molecule has 112 valence electrons. The quantitative estimate of drug-likeness (QED) is 0.931. The molecule has 0 unspecified atom stereocenters. The predicted octanol–water partition coefficient (Wildman–Crippen LogP) is 3.56. The molecule has 1 aromatic heterocycles. The summed E-state index contributed by atoms with van der Waals surface area (Å²) in [6, 6.07) is 4.08. The lowest BCUT2D eigenvalue weighted by molar-refractivity contribution is 0.232. The fraction of sp³-hybridized carbons (Fsp3) is 0.375. The summed E-state index contributed by atoms with van der Waals surface area (Å²) >= 11 is 0. The summed E-state index contributed by atoms with van der Waals surface area (Å²) < 4.78 is 11.4. The molecule has 0 aliphatic heterocycles. The summed E-state index contributed by atoms with van der Waals surface area (Å²) in [7, 11) is 0. The van der Waals surface area contributed by atoms with Crippen LogP contribution in [0.2, 0.25) is 0 Å². The molecule has 0 aliphatic rings. The van der Waals surface area contributed by atoms with Gasteiger partial charge in [-0.25, -0.2) is 0 Å². The molecule has 21 heavy (non-hydrogen) atoms. The number of nitrogens with two attached hydrogens (primary N) is 1. The highest BCUT2D eigenvalue weighted by Gasteiger charge is 2.14. The van der Waals surface area contributed by atoms with E-state index in [2.05, 4.69) is 16.0 Å². The Kier molecular flexibility index (Phi) is 4.31. The summed E-state index contributed by atoms with van der Waals surface area (Å²) in [4.78, 5) is 8.14. The number of aryl methyl sites for hydroxylation is 2. The van der Waals surface area contributed by atoms with Crippen molar-refractivity contribution >= 4 is 5.69 Å². The van der Waals surface area contributed by atoms with E-state index in [1.807, 2.05) is 40.7 Å². The first-order valence-corrected chi connectivity index (χ1v) is 6.91. The van der Waals surface area contributed by atoms with Crippen LogP contribution < -0.4 is 15.2 Å². The van der Waals surface area contributed by atoms with Gasteiger partial charge in [0.15, 0.2) is 5.69 Å². The summed E-state index contributed by atoms with van der Waals surface area (Å²) in [5.41, 5.74) is 9.69. The van der Waals surface area contributed by atoms with Gasteiger partial charge in [0.1, 0.15) is 12.1 Å². The second kappa shape index (κ2) is 5.99. The Morgan fingerprint density at radius 3 is 2.38 bits per heavy atom. The third kappa shape index (κ3) is 3.42. The van der Waals surface area contributed by atoms with E-state index in [1.54, 1.807) is 0 Å². The molecule has 2 rings (SSSR count). The average molecular weight is 287 g/mol. The zero-order valence-corrected chi connectivity index (χ0v) is 13.1. The molecule has 2 N–H and O–H groups in total. The highest BCUT2D eigenvalue weighted by atomic mass is 16.5. The van der Waals surface area contributed by atoms with Gasteiger partial charge in [0, 0.05) is 0 Å². The van der Waals surface area contributed by atoms with Crippen LogP contribution in [-0.4, -0.2) is 16.1 Å². The van der Waals surface area contributed by atoms with Crippen LogP contribution in [0.5, 0.6) is 17.5 Å². The number of benzene rings is 1. The van der Waals surface area contributed by atoms with Gasteiger partial charge in [-0.1, -0.05) is 6.07 Å². The van der Waals surface area contributed by atoms with Crippen molar-refractivity contribution in [3.8, 4) is 17.5 Å². The molecule has 5 nitrogen and oxygen atoms in total. The van der Waals surface area contributed by atoms with Gasteiger partial charge in [-0.3, -0.25) is 0 Å². The zero-order valence-electron chi connectivity index (χ0n) is 13.1. The van der Waals surface area contributed by atoms with Gasteiger partial charge in [-0.05, 0) is 57.4 Å². The fourth-order valence-corrected chi connectivity index (χ4v) is 1.97. The number of rotatable bonds is 4. The SMILES string of the molecule is Cc1cc(C)c(C)c(Oc2ncnc(OC(C)C)c2N)c1. The molecule has 0 radical (unpaired) electrons. The number of nitrogen functional groups attached to an aromatic ring is 1. The number of aromatic nitrogens is 2. The lowest BCUT2D eigenvalue weighted by Gasteiger charge is -2.15. The molecular formula is C16H21N3O2. The molecule has 2 aromatic rings. The van der Waals surface area contributed by atoms with Crippen molar-refractivity contribution in [3.05, 3.63) is 35.2 Å². The van der Waals surface area contributed by atoms with Gasteiger partial charge < -0.3 is 15.2 Å². The van der Waals surface area contributed by atoms with E-state index in [1.165, 1.54) is 6.33 Å². The fourth-order valence-electron chi connectivity index (χ4n) is 1.97. The van der Waals surface area contributed by atoms with Gasteiger partial charge in [0.05, 0.1) is 6.10 Å². The van der Waals surface area contributed by atoms with Gasteiger partial charge >= 0.3 is 0 Å². The summed E-state index contributed by atoms with van der Waals surface area (Å²) in [6.07, 6.45) is 1.37. The Morgan fingerprint density at radius 1 is 1.05 bits per heavy atom. The molecule has 0 spiro atoms. The maximum absolute atomic E-state index is 6.03. The van der Waals surface area contributed by atoms with E-state index >= 15 is 0 Å². The van der Waals surface area contributed by atoms with E-state index in [4.69, 9.17) is 15.2 Å². The third-order valence-electron chi connectivity index (χ3n) is 3.13. The largest absolute Gasteiger partial charge is 0.473 e. The average Bonchev–Trinajstić information content (AvgIpc) is 2.39. The zero-order chi connectivity index (χ0) is 15.6. The van der Waals surface area contributed by atoms with E-state index in [9.17, 15) is 0 Å². The van der Waals surface area contributed by atoms with Crippen molar-refractivity contribution in [2.24, 2.45) is 0 Å². The minimum absolute atomic E-state index is 0.0157. The summed E-state index contributed by atoms with van der Waals surface area (Å²) in [5, 5.41) is 0. The number of nitrogens with zero attached hydrogens (tertiary/aromatic N) is 2. The summed E-state index contributed by atoms with van der Waals surface area (Å²) in [6.45, 7) is 9.90. The van der Waals surface area contributed by atoms with Crippen LogP contribution in [0.15, 0.2) is 18.5 Å². The van der Waals surface area contributed by atoms with Crippen molar-refractivity contribution in [2.45, 2.75) is 40.7 Å². The number of hydrogen-bond donors (Lipinski definition) is 1. The van der Waals surface area contributed by atoms with E-state index in [0.29, 0.717) is 17.4 Å². The van der Waals surface area contributed by atoms with Crippen LogP contribution >= 0.6 is 0 Å². The summed E-state index contributed by atoms with van der Waals surface area (Å²) in [5.74, 6) is 1.40. The Balaban J connectivity index is 2.36. The van der Waals surface area contributed by atoms with Crippen molar-refractivity contribution in [3.63, 3.8) is 0 Å². The van der Waals surface area contributed by atoms with Crippen LogP contribution in [-0.2, 0) is 0 Å². The maximum atomic E-state index is 6.03. The predicted molar refractivity (Wildman–Crippen MR) is 82.9 cm³/mol. The topological polar surface area (TPSA) is 70.3 Å². The van der Waals surface area contributed by atoms with E-state index in [0.717, 1.165) is 22.4 Å². The smallest absolute Gasteiger partial charge is 0.249 e. The number of ether oxygens (including phenoxy) is 2. The van der Waals surface area contributed by atoms with Gasteiger partial charge in [0.2, 0.25) is 11.8 Å². The lowest BCUT2D eigenvalue weighted by Crippen LogP contribution is -2.10. The molecule has 0 bridgehead atoms. The Bertz CT molecular complexity index is 654. The first kappa shape index (κ1) is 15.1. The number of hydrogen-bond acceptors (Lipinski definition) is 5. The molecule has 5 heteroatoms. The number of anilines is 1. The Hall–Kier alpha value is -2.30. The van der Waals surface area contributed by atoms with Crippen LogP contribution in [0.25, 0.3) is 0 Å². The highest BCUT2D eigenvalue weighted by Crippen LogP contribution is 2.33. The van der Waals surface area contributed by atoms with E-state index in [-0.39, 0.29) is 6.10 Å². The maximum Gasteiger partial charge on any atom is 0.249 e. The second-order valence-electron chi connectivity index (χ2n) is 5.37. The third-order valence-corrected chi connectivity index (χ3v) is 3.13. The molecule has 0 aliphatic carbocycles. The van der Waals surface area contributed by atoms with Crippen molar-refractivity contribution in [1.82, 2.24) is 9.97 Å². The molecule has 0 atom stereocenters. The molecule has 0 saturated heterocycles. The Morgan fingerprint density at radius 2 is 1.71 bits per heavy atom. The van der Waals surface area contributed by atoms with Crippen LogP contribution in [0.3, 0.4) is 0 Å². The van der Waals surface area contributed by atoms with Gasteiger partial charge in [-0.2, -0.15) is 9.97 Å². The van der Waals surface area contributed by atoms with Gasteiger partial charge in [-0.15, -0.1) is 0 Å². The van der Waals surface area contributed by atoms with Crippen molar-refractivity contribution < 1.29 is 9.47 Å².